The molecule has 0 aliphatic heterocycles. The number of carbonyl (C=O) groups excluding carboxylic acids is 1. The molecule has 1 amide bonds. The van der Waals surface area contributed by atoms with Crippen LogP contribution < -0.4 is 10.6 Å². The Morgan fingerprint density at radius 3 is 2.61 bits per heavy atom. The summed E-state index contributed by atoms with van der Waals surface area (Å²) in [6, 6.07) is 15.8. The molecule has 140 valence electrons. The topological polar surface area (TPSA) is 71.3 Å². The zero-order valence-electron chi connectivity index (χ0n) is 15.8. The second kappa shape index (κ2) is 7.52. The molecule has 0 spiro atoms. The van der Waals surface area contributed by atoms with Crippen LogP contribution in [0, 0.1) is 6.92 Å². The normalized spacial score (nSPS) is 10.8. The van der Waals surface area contributed by atoms with Gasteiger partial charge < -0.3 is 10.6 Å². The molecule has 2 aromatic heterocycles. The summed E-state index contributed by atoms with van der Waals surface area (Å²) in [5, 5.41) is 6.26. The molecule has 2 N–H and O–H groups in total. The first kappa shape index (κ1) is 17.7. The summed E-state index contributed by atoms with van der Waals surface area (Å²) in [6.07, 6.45) is 5.86. The molecule has 0 bridgehead atoms. The Morgan fingerprint density at radius 1 is 1.07 bits per heavy atom. The van der Waals surface area contributed by atoms with E-state index in [1.165, 1.54) is 0 Å². The predicted octanol–water partition coefficient (Wildman–Crippen LogP) is 4.80. The van der Waals surface area contributed by atoms with Crippen LogP contribution in [0.5, 0.6) is 0 Å². The average molecular weight is 371 g/mol. The number of nitrogens with one attached hydrogen (secondary N) is 2. The Kier molecular flexibility index (Phi) is 4.76. The number of carbonyl (C=O) groups is 1. The number of anilines is 3. The number of rotatable bonds is 5. The van der Waals surface area contributed by atoms with Crippen molar-refractivity contribution in [2.24, 2.45) is 0 Å². The fourth-order valence-electron chi connectivity index (χ4n) is 3.04. The van der Waals surface area contributed by atoms with Gasteiger partial charge in [-0.3, -0.25) is 9.20 Å². The zero-order valence-corrected chi connectivity index (χ0v) is 15.8. The summed E-state index contributed by atoms with van der Waals surface area (Å²) in [5.74, 6) is 0.750. The Balaban J connectivity index is 1.67. The maximum Gasteiger partial charge on any atom is 0.224 e. The molecular weight excluding hydrogens is 350 g/mol. The molecular formula is C22H21N5O. The van der Waals surface area contributed by atoms with E-state index in [-0.39, 0.29) is 5.91 Å². The molecule has 4 rings (SSSR count). The highest BCUT2D eigenvalue weighted by atomic mass is 16.1. The number of aromatic nitrogens is 3. The molecule has 28 heavy (non-hydrogen) atoms. The highest BCUT2D eigenvalue weighted by molar-refractivity contribution is 5.90. The summed E-state index contributed by atoms with van der Waals surface area (Å²) in [6.45, 7) is 3.89. The lowest BCUT2D eigenvalue weighted by molar-refractivity contribution is -0.115. The van der Waals surface area contributed by atoms with Crippen molar-refractivity contribution in [3.63, 3.8) is 0 Å². The van der Waals surface area contributed by atoms with Crippen molar-refractivity contribution in [2.75, 3.05) is 10.6 Å². The van der Waals surface area contributed by atoms with Crippen molar-refractivity contribution >= 4 is 28.6 Å². The molecule has 0 atom stereocenters. The van der Waals surface area contributed by atoms with Crippen LogP contribution in [0.15, 0.2) is 67.3 Å². The van der Waals surface area contributed by atoms with Gasteiger partial charge in [-0.05, 0) is 30.7 Å². The van der Waals surface area contributed by atoms with Crippen molar-refractivity contribution in [3.8, 4) is 11.3 Å². The van der Waals surface area contributed by atoms with E-state index in [9.17, 15) is 4.79 Å². The minimum absolute atomic E-state index is 0.00181. The van der Waals surface area contributed by atoms with E-state index < -0.39 is 0 Å². The SMILES string of the molecule is CCC(=O)Nc1ccc(-c2cnc(Nc3ccccc3C)c3cncn23)cc1. The molecule has 0 aliphatic carbocycles. The van der Waals surface area contributed by atoms with Gasteiger partial charge >= 0.3 is 0 Å². The summed E-state index contributed by atoms with van der Waals surface area (Å²) in [4.78, 5) is 20.5. The summed E-state index contributed by atoms with van der Waals surface area (Å²) >= 11 is 0. The summed E-state index contributed by atoms with van der Waals surface area (Å²) in [5.41, 5.74) is 5.76. The lowest BCUT2D eigenvalue weighted by Gasteiger charge is -2.13. The van der Waals surface area contributed by atoms with Crippen molar-refractivity contribution in [1.82, 2.24) is 14.4 Å². The van der Waals surface area contributed by atoms with Crippen LogP contribution >= 0.6 is 0 Å². The first-order chi connectivity index (χ1) is 13.7. The van der Waals surface area contributed by atoms with Crippen molar-refractivity contribution in [2.45, 2.75) is 20.3 Å². The number of hydrogen-bond acceptors (Lipinski definition) is 4. The van der Waals surface area contributed by atoms with Gasteiger partial charge in [-0.1, -0.05) is 37.3 Å². The standard InChI is InChI=1S/C22H21N5O/c1-3-21(28)25-17-10-8-16(9-11-17)19-13-24-22(20-12-23-14-27(19)20)26-18-7-5-4-6-15(18)2/h4-14H,3H2,1-2H3,(H,24,26)(H,25,28). The van der Waals surface area contributed by atoms with Gasteiger partial charge in [-0.15, -0.1) is 0 Å². The first-order valence-corrected chi connectivity index (χ1v) is 9.19. The van der Waals surface area contributed by atoms with Gasteiger partial charge in [0.25, 0.3) is 0 Å². The fraction of sp³-hybridized carbons (Fsp3) is 0.136. The van der Waals surface area contributed by atoms with Crippen LogP contribution in [0.25, 0.3) is 16.8 Å². The van der Waals surface area contributed by atoms with E-state index in [1.807, 2.05) is 60.0 Å². The van der Waals surface area contributed by atoms with Crippen LogP contribution in [0.2, 0.25) is 0 Å². The monoisotopic (exact) mass is 371 g/mol. The van der Waals surface area contributed by atoms with E-state index in [0.717, 1.165) is 39.5 Å². The Labute approximate surface area is 163 Å². The molecule has 0 saturated heterocycles. The molecule has 2 heterocycles. The molecule has 6 heteroatoms. The lowest BCUT2D eigenvalue weighted by Crippen LogP contribution is -2.09. The van der Waals surface area contributed by atoms with Gasteiger partial charge in [0.05, 0.1) is 24.4 Å². The predicted molar refractivity (Wildman–Crippen MR) is 112 cm³/mol. The van der Waals surface area contributed by atoms with E-state index in [1.54, 1.807) is 12.5 Å². The Bertz CT molecular complexity index is 1130. The quantitative estimate of drug-likeness (QED) is 0.529. The maximum atomic E-state index is 11.5. The fourth-order valence-corrected chi connectivity index (χ4v) is 3.04. The Morgan fingerprint density at radius 2 is 1.86 bits per heavy atom. The van der Waals surface area contributed by atoms with Crippen LogP contribution in [0.4, 0.5) is 17.2 Å². The number of amides is 1. The number of imidazole rings is 1. The van der Waals surface area contributed by atoms with Gasteiger partial charge in [0, 0.05) is 23.4 Å². The highest BCUT2D eigenvalue weighted by Crippen LogP contribution is 2.27. The summed E-state index contributed by atoms with van der Waals surface area (Å²) in [7, 11) is 0. The minimum Gasteiger partial charge on any atom is -0.338 e. The van der Waals surface area contributed by atoms with Gasteiger partial charge in [0.2, 0.25) is 5.91 Å². The second-order valence-electron chi connectivity index (χ2n) is 6.56. The van der Waals surface area contributed by atoms with Crippen LogP contribution in [0.3, 0.4) is 0 Å². The number of para-hydroxylation sites is 1. The molecule has 0 unspecified atom stereocenters. The van der Waals surface area contributed by atoms with Crippen LogP contribution in [0.1, 0.15) is 18.9 Å². The van der Waals surface area contributed by atoms with E-state index in [4.69, 9.17) is 0 Å². The molecule has 6 nitrogen and oxygen atoms in total. The van der Waals surface area contributed by atoms with Gasteiger partial charge in [-0.25, -0.2) is 9.97 Å². The molecule has 0 saturated carbocycles. The second-order valence-corrected chi connectivity index (χ2v) is 6.56. The van der Waals surface area contributed by atoms with Crippen LogP contribution in [-0.4, -0.2) is 20.3 Å². The van der Waals surface area contributed by atoms with Gasteiger partial charge in [0.1, 0.15) is 5.52 Å². The van der Waals surface area contributed by atoms with Gasteiger partial charge in [0.15, 0.2) is 5.82 Å². The number of hydrogen-bond donors (Lipinski definition) is 2. The zero-order chi connectivity index (χ0) is 19.5. The highest BCUT2D eigenvalue weighted by Gasteiger charge is 2.11. The van der Waals surface area contributed by atoms with Crippen LogP contribution in [-0.2, 0) is 4.79 Å². The largest absolute Gasteiger partial charge is 0.338 e. The molecule has 0 aliphatic rings. The van der Waals surface area contributed by atoms with Crippen molar-refractivity contribution < 1.29 is 4.79 Å². The summed E-state index contributed by atoms with van der Waals surface area (Å²) < 4.78 is 2.01. The van der Waals surface area contributed by atoms with E-state index >= 15 is 0 Å². The molecule has 2 aromatic carbocycles. The third-order valence-corrected chi connectivity index (χ3v) is 4.64. The van der Waals surface area contributed by atoms with Crippen molar-refractivity contribution in [3.05, 3.63) is 72.8 Å². The smallest absolute Gasteiger partial charge is 0.224 e. The molecule has 0 fully saturated rings. The van der Waals surface area contributed by atoms with Crippen molar-refractivity contribution in [1.29, 1.82) is 0 Å². The van der Waals surface area contributed by atoms with Gasteiger partial charge in [-0.2, -0.15) is 0 Å². The number of nitrogens with zero attached hydrogens (tertiary/aromatic N) is 3. The maximum absolute atomic E-state index is 11.5. The number of benzene rings is 2. The van der Waals surface area contributed by atoms with E-state index in [2.05, 4.69) is 33.6 Å². The molecule has 4 aromatic rings. The first-order valence-electron chi connectivity index (χ1n) is 9.19. The number of fused-ring (bicyclic) bond motifs is 1. The van der Waals surface area contributed by atoms with E-state index in [0.29, 0.717) is 6.42 Å². The number of aryl methyl sites for hydroxylation is 1. The lowest BCUT2D eigenvalue weighted by atomic mass is 10.1. The minimum atomic E-state index is -0.00181. The third kappa shape index (κ3) is 3.44. The third-order valence-electron chi connectivity index (χ3n) is 4.64. The average Bonchev–Trinajstić information content (AvgIpc) is 3.21. The Hall–Kier alpha value is -3.67. The molecule has 0 radical (unpaired) electrons.